The van der Waals surface area contributed by atoms with Gasteiger partial charge in [-0.15, -0.1) is 0 Å². The molecule has 0 aromatic heterocycles. The molecule has 1 aromatic rings. The van der Waals surface area contributed by atoms with Crippen LogP contribution in [0.5, 0.6) is 0 Å². The van der Waals surface area contributed by atoms with Crippen molar-refractivity contribution in [3.63, 3.8) is 0 Å². The molecule has 21 heavy (non-hydrogen) atoms. The van der Waals surface area contributed by atoms with Crippen molar-refractivity contribution in [1.82, 2.24) is 4.90 Å². The molecule has 0 N–H and O–H groups in total. The van der Waals surface area contributed by atoms with Gasteiger partial charge in [0.25, 0.3) is 0 Å². The molecule has 1 aromatic carbocycles. The van der Waals surface area contributed by atoms with Gasteiger partial charge in [-0.1, -0.05) is 17.7 Å². The standard InChI is InChI=1S/C16H19ClINO2/c1-19-10-4-6-14(19)15(16(20)21-2)11(8-10)9-3-5-13(18)12(17)7-9/h3,5,7,10-11,14-15H,4,6,8H2,1-2H3. The molecule has 3 nitrogen and oxygen atoms in total. The Labute approximate surface area is 144 Å². The molecule has 2 saturated heterocycles. The fourth-order valence-electron chi connectivity index (χ4n) is 4.01. The summed E-state index contributed by atoms with van der Waals surface area (Å²) < 4.78 is 6.14. The maximum atomic E-state index is 12.4. The summed E-state index contributed by atoms with van der Waals surface area (Å²) in [6.07, 6.45) is 3.25. The number of esters is 1. The van der Waals surface area contributed by atoms with Gasteiger partial charge in [0.15, 0.2) is 0 Å². The molecule has 4 atom stereocenters. The van der Waals surface area contributed by atoms with Crippen LogP contribution in [0.15, 0.2) is 18.2 Å². The number of benzene rings is 1. The van der Waals surface area contributed by atoms with E-state index in [9.17, 15) is 4.79 Å². The average molecular weight is 420 g/mol. The van der Waals surface area contributed by atoms with E-state index in [4.69, 9.17) is 16.3 Å². The van der Waals surface area contributed by atoms with Crippen molar-refractivity contribution in [2.45, 2.75) is 37.3 Å². The van der Waals surface area contributed by atoms with Gasteiger partial charge in [0.05, 0.1) is 18.1 Å². The molecule has 2 bridgehead atoms. The van der Waals surface area contributed by atoms with Crippen LogP contribution in [0, 0.1) is 9.49 Å². The second-order valence-electron chi connectivity index (χ2n) is 6.03. The molecule has 0 radical (unpaired) electrons. The van der Waals surface area contributed by atoms with Crippen LogP contribution in [0.25, 0.3) is 0 Å². The van der Waals surface area contributed by atoms with Crippen molar-refractivity contribution < 1.29 is 9.53 Å². The highest BCUT2D eigenvalue weighted by molar-refractivity contribution is 14.1. The van der Waals surface area contributed by atoms with Crippen LogP contribution in [0.2, 0.25) is 5.02 Å². The van der Waals surface area contributed by atoms with Gasteiger partial charge in [-0.05, 0) is 66.6 Å². The molecule has 114 valence electrons. The Kier molecular flexibility index (Phi) is 4.48. The lowest BCUT2D eigenvalue weighted by Crippen LogP contribution is -2.49. The van der Waals surface area contributed by atoms with E-state index in [0.717, 1.165) is 21.4 Å². The van der Waals surface area contributed by atoms with E-state index in [1.165, 1.54) is 19.1 Å². The Bertz CT molecular complexity index is 565. The van der Waals surface area contributed by atoms with Crippen LogP contribution in [0.4, 0.5) is 0 Å². The molecular weight excluding hydrogens is 401 g/mol. The first-order valence-corrected chi connectivity index (χ1v) is 8.73. The lowest BCUT2D eigenvalue weighted by atomic mass is 9.76. The number of hydrogen-bond acceptors (Lipinski definition) is 3. The van der Waals surface area contributed by atoms with Gasteiger partial charge >= 0.3 is 5.97 Å². The predicted octanol–water partition coefficient (Wildman–Crippen LogP) is 3.68. The molecule has 0 spiro atoms. The molecule has 5 heteroatoms. The lowest BCUT2D eigenvalue weighted by Gasteiger charge is -2.41. The highest BCUT2D eigenvalue weighted by atomic mass is 127. The summed E-state index contributed by atoms with van der Waals surface area (Å²) in [4.78, 5) is 14.7. The number of halogens is 2. The smallest absolute Gasteiger partial charge is 0.310 e. The zero-order chi connectivity index (χ0) is 15.1. The fraction of sp³-hybridized carbons (Fsp3) is 0.562. The topological polar surface area (TPSA) is 29.5 Å². The van der Waals surface area contributed by atoms with Crippen LogP contribution in [-0.4, -0.2) is 37.1 Å². The second-order valence-corrected chi connectivity index (χ2v) is 7.60. The maximum absolute atomic E-state index is 12.4. The first kappa shape index (κ1) is 15.6. The molecule has 2 aliphatic rings. The van der Waals surface area contributed by atoms with Crippen molar-refractivity contribution in [1.29, 1.82) is 0 Å². The number of carbonyl (C=O) groups is 1. The molecule has 2 aliphatic heterocycles. The predicted molar refractivity (Wildman–Crippen MR) is 91.6 cm³/mol. The van der Waals surface area contributed by atoms with E-state index >= 15 is 0 Å². The minimum absolute atomic E-state index is 0.0881. The maximum Gasteiger partial charge on any atom is 0.310 e. The lowest BCUT2D eigenvalue weighted by molar-refractivity contribution is -0.150. The first-order chi connectivity index (χ1) is 10.0. The van der Waals surface area contributed by atoms with Gasteiger partial charge in [-0.3, -0.25) is 9.69 Å². The monoisotopic (exact) mass is 419 g/mol. The SMILES string of the molecule is COC(=O)C1C(c2ccc(I)c(Cl)c2)CC2CCC1N2C. The third-order valence-electron chi connectivity index (χ3n) is 5.11. The van der Waals surface area contributed by atoms with Crippen LogP contribution in [-0.2, 0) is 9.53 Å². The van der Waals surface area contributed by atoms with Crippen LogP contribution < -0.4 is 0 Å². The van der Waals surface area contributed by atoms with Gasteiger partial charge in [-0.25, -0.2) is 0 Å². The van der Waals surface area contributed by atoms with Gasteiger partial charge < -0.3 is 4.74 Å². The number of rotatable bonds is 2. The van der Waals surface area contributed by atoms with Crippen LogP contribution in [0.1, 0.15) is 30.7 Å². The first-order valence-electron chi connectivity index (χ1n) is 7.27. The Balaban J connectivity index is 1.98. The zero-order valence-corrected chi connectivity index (χ0v) is 15.1. The third-order valence-corrected chi connectivity index (χ3v) is 6.69. The molecule has 2 fully saturated rings. The van der Waals surface area contributed by atoms with Crippen molar-refractivity contribution in [2.24, 2.45) is 5.92 Å². The van der Waals surface area contributed by atoms with Crippen molar-refractivity contribution in [3.05, 3.63) is 32.4 Å². The van der Waals surface area contributed by atoms with Crippen molar-refractivity contribution >= 4 is 40.2 Å². The van der Waals surface area contributed by atoms with Crippen LogP contribution >= 0.6 is 34.2 Å². The molecule has 0 aliphatic carbocycles. The quantitative estimate of drug-likeness (QED) is 0.541. The summed E-state index contributed by atoms with van der Waals surface area (Å²) in [5.41, 5.74) is 1.17. The summed E-state index contributed by atoms with van der Waals surface area (Å²) >= 11 is 8.51. The molecule has 0 saturated carbocycles. The summed E-state index contributed by atoms with van der Waals surface area (Å²) in [5, 5.41) is 0.767. The summed E-state index contributed by atoms with van der Waals surface area (Å²) in [6, 6.07) is 7.03. The normalized spacial score (nSPS) is 32.2. The number of piperidine rings is 1. The Hall–Kier alpha value is -0.330. The van der Waals surface area contributed by atoms with E-state index in [1.807, 2.05) is 12.1 Å². The minimum Gasteiger partial charge on any atom is -0.469 e. The highest BCUT2D eigenvalue weighted by Gasteiger charge is 2.49. The Morgan fingerprint density at radius 1 is 1.43 bits per heavy atom. The number of fused-ring (bicyclic) bond motifs is 2. The van der Waals surface area contributed by atoms with Gasteiger partial charge in [0, 0.05) is 21.6 Å². The average Bonchev–Trinajstić information content (AvgIpc) is 2.72. The number of carbonyl (C=O) groups excluding carboxylic acids is 1. The Morgan fingerprint density at radius 2 is 2.19 bits per heavy atom. The Morgan fingerprint density at radius 3 is 2.86 bits per heavy atom. The molecular formula is C16H19ClINO2. The largest absolute Gasteiger partial charge is 0.469 e. The van der Waals surface area contributed by atoms with Gasteiger partial charge in [0.2, 0.25) is 0 Å². The van der Waals surface area contributed by atoms with E-state index in [0.29, 0.717) is 12.1 Å². The highest BCUT2D eigenvalue weighted by Crippen LogP contribution is 2.47. The number of hydrogen-bond donors (Lipinski definition) is 0. The van der Waals surface area contributed by atoms with E-state index in [2.05, 4.69) is 40.6 Å². The van der Waals surface area contributed by atoms with E-state index in [-0.39, 0.29) is 17.8 Å². The molecule has 2 heterocycles. The second kappa shape index (κ2) is 6.05. The van der Waals surface area contributed by atoms with Gasteiger partial charge in [-0.2, -0.15) is 0 Å². The third kappa shape index (κ3) is 2.70. The zero-order valence-electron chi connectivity index (χ0n) is 12.2. The number of ether oxygens (including phenoxy) is 1. The number of nitrogens with zero attached hydrogens (tertiary/aromatic N) is 1. The van der Waals surface area contributed by atoms with Crippen molar-refractivity contribution in [3.8, 4) is 0 Å². The van der Waals surface area contributed by atoms with E-state index in [1.54, 1.807) is 0 Å². The minimum atomic E-state index is -0.0909. The van der Waals surface area contributed by atoms with Crippen LogP contribution in [0.3, 0.4) is 0 Å². The summed E-state index contributed by atoms with van der Waals surface area (Å²) in [6.45, 7) is 0. The number of methoxy groups -OCH3 is 1. The summed E-state index contributed by atoms with van der Waals surface area (Å²) in [7, 11) is 3.62. The molecule has 3 rings (SSSR count). The van der Waals surface area contributed by atoms with E-state index < -0.39 is 0 Å². The fourth-order valence-corrected chi connectivity index (χ4v) is 4.53. The van der Waals surface area contributed by atoms with Gasteiger partial charge in [0.1, 0.15) is 0 Å². The van der Waals surface area contributed by atoms with Crippen molar-refractivity contribution in [2.75, 3.05) is 14.2 Å². The molecule has 4 unspecified atom stereocenters. The summed E-state index contributed by atoms with van der Waals surface area (Å²) in [5.74, 6) is 0.0300. The molecule has 0 amide bonds.